The Hall–Kier alpha value is -3.58. The van der Waals surface area contributed by atoms with Crippen LogP contribution in [-0.4, -0.2) is 35.9 Å². The van der Waals surface area contributed by atoms with Crippen LogP contribution in [-0.2, 0) is 0 Å². The average molecular weight is 342 g/mol. The molecule has 0 saturated carbocycles. The molecule has 26 heavy (non-hydrogen) atoms. The van der Waals surface area contributed by atoms with E-state index < -0.39 is 6.23 Å². The summed E-state index contributed by atoms with van der Waals surface area (Å²) in [5.74, 6) is 1.08. The lowest BCUT2D eigenvalue weighted by atomic mass is 9.98. The highest BCUT2D eigenvalue weighted by molar-refractivity contribution is 5.95. The fourth-order valence-corrected chi connectivity index (χ4v) is 3.14. The molecule has 0 radical (unpaired) electrons. The molecule has 1 aliphatic heterocycles. The minimum absolute atomic E-state index is 0.510. The van der Waals surface area contributed by atoms with E-state index in [2.05, 4.69) is 25.5 Å². The average Bonchev–Trinajstić information content (AvgIpc) is 3.13. The zero-order chi connectivity index (χ0) is 17.5. The van der Waals surface area contributed by atoms with Crippen molar-refractivity contribution < 1.29 is 5.11 Å². The fraction of sp³-hybridized carbons (Fsp3) is 0.0526. The van der Waals surface area contributed by atoms with Crippen LogP contribution < -0.4 is 5.32 Å². The molecule has 1 aromatic carbocycles. The lowest BCUT2D eigenvalue weighted by Gasteiger charge is -2.24. The lowest BCUT2D eigenvalue weighted by Crippen LogP contribution is -2.24. The van der Waals surface area contributed by atoms with E-state index in [1.807, 2.05) is 53.1 Å². The molecular formula is C19H14N6O. The van der Waals surface area contributed by atoms with Crippen molar-refractivity contribution in [2.24, 2.45) is 0 Å². The fourth-order valence-electron chi connectivity index (χ4n) is 3.14. The smallest absolute Gasteiger partial charge is 0.206 e. The largest absolute Gasteiger partial charge is 0.369 e. The van der Waals surface area contributed by atoms with Gasteiger partial charge in [0.15, 0.2) is 17.7 Å². The van der Waals surface area contributed by atoms with Gasteiger partial charge in [0.25, 0.3) is 0 Å². The van der Waals surface area contributed by atoms with Gasteiger partial charge in [-0.1, -0.05) is 30.3 Å². The molecule has 0 amide bonds. The predicted molar refractivity (Wildman–Crippen MR) is 98.0 cm³/mol. The molecule has 0 saturated heterocycles. The molecule has 7 heteroatoms. The summed E-state index contributed by atoms with van der Waals surface area (Å²) in [6, 6.07) is 13.4. The van der Waals surface area contributed by atoms with Gasteiger partial charge in [-0.3, -0.25) is 4.40 Å². The van der Waals surface area contributed by atoms with Gasteiger partial charge in [-0.25, -0.2) is 9.97 Å². The molecule has 4 heterocycles. The summed E-state index contributed by atoms with van der Waals surface area (Å²) in [6.45, 7) is 0. The van der Waals surface area contributed by atoms with Gasteiger partial charge in [-0.05, 0) is 23.8 Å². The van der Waals surface area contributed by atoms with E-state index in [9.17, 15) is 5.11 Å². The predicted octanol–water partition coefficient (Wildman–Crippen LogP) is 2.47. The number of aliphatic hydroxyl groups excluding tert-OH is 1. The summed E-state index contributed by atoms with van der Waals surface area (Å²) in [5.41, 5.74) is 4.08. The van der Waals surface area contributed by atoms with Gasteiger partial charge in [-0.15, -0.1) is 10.2 Å². The Morgan fingerprint density at radius 1 is 0.962 bits per heavy atom. The molecule has 1 atom stereocenters. The van der Waals surface area contributed by atoms with Crippen molar-refractivity contribution in [3.63, 3.8) is 0 Å². The van der Waals surface area contributed by atoms with E-state index in [-0.39, 0.29) is 0 Å². The molecule has 0 aliphatic carbocycles. The zero-order valence-corrected chi connectivity index (χ0v) is 13.6. The highest BCUT2D eigenvalue weighted by atomic mass is 16.3. The van der Waals surface area contributed by atoms with Crippen molar-refractivity contribution in [3.05, 3.63) is 72.2 Å². The Kier molecular flexibility index (Phi) is 3.26. The number of fused-ring (bicyclic) bond motifs is 3. The first-order valence-corrected chi connectivity index (χ1v) is 8.18. The Morgan fingerprint density at radius 2 is 1.77 bits per heavy atom. The van der Waals surface area contributed by atoms with Crippen LogP contribution in [0.1, 0.15) is 11.1 Å². The molecule has 5 rings (SSSR count). The molecular weight excluding hydrogens is 328 g/mol. The van der Waals surface area contributed by atoms with Crippen LogP contribution in [0.2, 0.25) is 0 Å². The molecule has 0 fully saturated rings. The Labute approximate surface area is 148 Å². The highest BCUT2D eigenvalue weighted by Gasteiger charge is 2.23. The third kappa shape index (κ3) is 2.26. The van der Waals surface area contributed by atoms with Crippen LogP contribution in [0.25, 0.3) is 28.9 Å². The number of anilines is 1. The van der Waals surface area contributed by atoms with Crippen LogP contribution >= 0.6 is 0 Å². The number of aromatic nitrogens is 5. The maximum absolute atomic E-state index is 10.5. The minimum Gasteiger partial charge on any atom is -0.369 e. The topological polar surface area (TPSA) is 88.2 Å². The molecule has 0 spiro atoms. The van der Waals surface area contributed by atoms with Gasteiger partial charge in [0.1, 0.15) is 0 Å². The first-order valence-electron chi connectivity index (χ1n) is 8.18. The quantitative estimate of drug-likeness (QED) is 0.582. The van der Waals surface area contributed by atoms with Crippen LogP contribution in [0.15, 0.2) is 61.1 Å². The summed E-state index contributed by atoms with van der Waals surface area (Å²) < 4.78 is 1.85. The van der Waals surface area contributed by atoms with Gasteiger partial charge in [0.05, 0.1) is 0 Å². The van der Waals surface area contributed by atoms with Gasteiger partial charge >= 0.3 is 0 Å². The maximum atomic E-state index is 10.5. The number of hydrogen-bond acceptors (Lipinski definition) is 6. The second-order valence-electron chi connectivity index (χ2n) is 5.95. The monoisotopic (exact) mass is 342 g/mol. The van der Waals surface area contributed by atoms with Gasteiger partial charge in [0, 0.05) is 35.4 Å². The van der Waals surface area contributed by atoms with E-state index in [0.717, 1.165) is 22.4 Å². The van der Waals surface area contributed by atoms with Gasteiger partial charge in [0.2, 0.25) is 5.82 Å². The Bertz CT molecular complexity index is 1120. The van der Waals surface area contributed by atoms with Crippen LogP contribution in [0.5, 0.6) is 0 Å². The number of pyridine rings is 1. The summed E-state index contributed by atoms with van der Waals surface area (Å²) in [7, 11) is 0. The SMILES string of the molecule is OC1Nc2ccn3c(-c4ncccn4)nnc3c2C=C1c1ccccc1. The third-order valence-electron chi connectivity index (χ3n) is 4.38. The molecule has 1 unspecified atom stereocenters. The van der Waals surface area contributed by atoms with E-state index >= 15 is 0 Å². The number of rotatable bonds is 2. The van der Waals surface area contributed by atoms with E-state index in [1.54, 1.807) is 18.5 Å². The van der Waals surface area contributed by atoms with Crippen molar-refractivity contribution >= 4 is 23.0 Å². The third-order valence-corrected chi connectivity index (χ3v) is 4.38. The van der Waals surface area contributed by atoms with Gasteiger partial charge < -0.3 is 10.4 Å². The number of nitrogens with one attached hydrogen (secondary N) is 1. The van der Waals surface area contributed by atoms with Crippen LogP contribution in [0, 0.1) is 0 Å². The highest BCUT2D eigenvalue weighted by Crippen LogP contribution is 2.34. The first-order chi connectivity index (χ1) is 12.8. The Balaban J connectivity index is 1.71. The first kappa shape index (κ1) is 14.7. The van der Waals surface area contributed by atoms with Crippen molar-refractivity contribution in [2.75, 3.05) is 5.32 Å². The number of benzene rings is 1. The standard InChI is InChI=1S/C19H14N6O/c26-19-13(12-5-2-1-3-6-12)11-14-15(22-19)7-10-25-17(14)23-24-18(25)16-20-8-4-9-21-16/h1-11,19,22,26H. The summed E-state index contributed by atoms with van der Waals surface area (Å²) in [6.07, 6.45) is 6.36. The lowest BCUT2D eigenvalue weighted by molar-refractivity contribution is 0.261. The number of hydrogen-bond donors (Lipinski definition) is 2. The second-order valence-corrected chi connectivity index (χ2v) is 5.95. The number of nitrogens with zero attached hydrogens (tertiary/aromatic N) is 5. The van der Waals surface area contributed by atoms with Crippen molar-refractivity contribution in [1.82, 2.24) is 24.6 Å². The van der Waals surface area contributed by atoms with Crippen LogP contribution in [0.3, 0.4) is 0 Å². The zero-order valence-electron chi connectivity index (χ0n) is 13.6. The Morgan fingerprint density at radius 3 is 2.58 bits per heavy atom. The molecule has 2 N–H and O–H groups in total. The van der Waals surface area contributed by atoms with Crippen molar-refractivity contribution in [3.8, 4) is 11.6 Å². The van der Waals surface area contributed by atoms with E-state index in [1.165, 1.54) is 0 Å². The normalized spacial score (nSPS) is 16.0. The second kappa shape index (κ2) is 5.75. The van der Waals surface area contributed by atoms with Gasteiger partial charge in [-0.2, -0.15) is 0 Å². The molecule has 126 valence electrons. The molecule has 1 aliphatic rings. The van der Waals surface area contributed by atoms with Crippen molar-refractivity contribution in [2.45, 2.75) is 6.23 Å². The van der Waals surface area contributed by atoms with E-state index in [4.69, 9.17) is 0 Å². The summed E-state index contributed by atoms with van der Waals surface area (Å²) >= 11 is 0. The summed E-state index contributed by atoms with van der Waals surface area (Å²) in [4.78, 5) is 8.51. The van der Waals surface area contributed by atoms with Crippen molar-refractivity contribution in [1.29, 1.82) is 0 Å². The molecule has 7 nitrogen and oxygen atoms in total. The maximum Gasteiger partial charge on any atom is 0.206 e. The number of aliphatic hydroxyl groups is 1. The summed E-state index contributed by atoms with van der Waals surface area (Å²) in [5, 5.41) is 22.2. The molecule has 0 bridgehead atoms. The minimum atomic E-state index is -0.785. The van der Waals surface area contributed by atoms with Crippen LogP contribution in [0.4, 0.5) is 5.69 Å². The van der Waals surface area contributed by atoms with E-state index in [0.29, 0.717) is 17.3 Å². The molecule has 3 aromatic heterocycles. The molecule has 4 aromatic rings.